The van der Waals surface area contributed by atoms with Crippen LogP contribution in [-0.2, 0) is 17.9 Å². The molecule has 0 aliphatic carbocycles. The molecule has 0 aliphatic heterocycles. The Morgan fingerprint density at radius 3 is 2.33 bits per heavy atom. The van der Waals surface area contributed by atoms with E-state index in [1.54, 1.807) is 0 Å². The molecule has 0 radical (unpaired) electrons. The number of hydrogen-bond acceptors (Lipinski definition) is 4. The van der Waals surface area contributed by atoms with Gasteiger partial charge in [0.15, 0.2) is 0 Å². The molecule has 0 aromatic heterocycles. The molecule has 0 fully saturated rings. The summed E-state index contributed by atoms with van der Waals surface area (Å²) >= 11 is 5.85. The Morgan fingerprint density at radius 2 is 1.75 bits per heavy atom. The van der Waals surface area contributed by atoms with Crippen LogP contribution in [0, 0.1) is 0 Å². The molecule has 0 bridgehead atoms. The van der Waals surface area contributed by atoms with Gasteiger partial charge in [-0.15, -0.1) is 0 Å². The third-order valence-electron chi connectivity index (χ3n) is 3.56. The molecule has 0 aliphatic rings. The lowest BCUT2D eigenvalue weighted by Gasteiger charge is -2.14. The van der Waals surface area contributed by atoms with Gasteiger partial charge in [0.25, 0.3) is 0 Å². The van der Waals surface area contributed by atoms with E-state index in [4.69, 9.17) is 27.2 Å². The summed E-state index contributed by atoms with van der Waals surface area (Å²) < 4.78 is 5.72. The number of benzene rings is 2. The van der Waals surface area contributed by atoms with Crippen LogP contribution >= 0.6 is 11.6 Å². The highest BCUT2D eigenvalue weighted by Gasteiger charge is 2.13. The van der Waals surface area contributed by atoms with Gasteiger partial charge in [0.1, 0.15) is 12.4 Å². The van der Waals surface area contributed by atoms with Gasteiger partial charge in [0, 0.05) is 18.2 Å². The summed E-state index contributed by atoms with van der Waals surface area (Å²) in [7, 11) is 0. The Labute approximate surface area is 146 Å². The summed E-state index contributed by atoms with van der Waals surface area (Å²) in [4.78, 5) is 11.2. The van der Waals surface area contributed by atoms with E-state index in [9.17, 15) is 4.79 Å². The molecule has 1 amide bonds. The molecule has 2 rings (SSSR count). The summed E-state index contributed by atoms with van der Waals surface area (Å²) in [5.74, 6) is 0.294. The van der Waals surface area contributed by atoms with Crippen molar-refractivity contribution in [2.75, 3.05) is 6.61 Å². The first-order valence-corrected chi connectivity index (χ1v) is 8.06. The van der Waals surface area contributed by atoms with Crippen LogP contribution in [0.1, 0.15) is 17.5 Å². The predicted molar refractivity (Wildman–Crippen MR) is 93.8 cm³/mol. The Kier molecular flexibility index (Phi) is 7.06. The van der Waals surface area contributed by atoms with Crippen molar-refractivity contribution in [3.63, 3.8) is 0 Å². The normalized spacial score (nSPS) is 11.9. The average Bonchev–Trinajstić information content (AvgIpc) is 2.59. The van der Waals surface area contributed by atoms with Crippen molar-refractivity contribution >= 4 is 17.5 Å². The lowest BCUT2D eigenvalue weighted by atomic mass is 10.1. The van der Waals surface area contributed by atoms with Crippen LogP contribution in [0.25, 0.3) is 0 Å². The number of carbonyl (C=O) groups excluding carboxylic acids is 1. The highest BCUT2D eigenvalue weighted by molar-refractivity contribution is 6.30. The van der Waals surface area contributed by atoms with Crippen LogP contribution in [0.2, 0.25) is 5.02 Å². The number of aliphatic hydroxyl groups excluding tert-OH is 1. The number of aliphatic hydroxyl groups is 1. The molecule has 2 aromatic rings. The van der Waals surface area contributed by atoms with E-state index in [-0.39, 0.29) is 6.61 Å². The summed E-state index contributed by atoms with van der Waals surface area (Å²) in [5.41, 5.74) is 7.31. The second-order valence-corrected chi connectivity index (χ2v) is 5.84. The Hall–Kier alpha value is -2.08. The highest BCUT2D eigenvalue weighted by atomic mass is 35.5. The van der Waals surface area contributed by atoms with Crippen molar-refractivity contribution in [2.45, 2.75) is 25.6 Å². The average molecular weight is 349 g/mol. The summed E-state index contributed by atoms with van der Waals surface area (Å²) in [6, 6.07) is 14.6. The quantitative estimate of drug-likeness (QED) is 0.649. The molecule has 0 saturated heterocycles. The van der Waals surface area contributed by atoms with E-state index in [0.717, 1.165) is 16.9 Å². The number of hydrogen-bond donors (Lipinski definition) is 3. The van der Waals surface area contributed by atoms with Gasteiger partial charge in [-0.05, 0) is 41.8 Å². The molecule has 0 heterocycles. The van der Waals surface area contributed by atoms with Gasteiger partial charge in [-0.3, -0.25) is 4.79 Å². The van der Waals surface area contributed by atoms with Crippen LogP contribution in [0.15, 0.2) is 48.5 Å². The van der Waals surface area contributed by atoms with Crippen molar-refractivity contribution in [3.05, 3.63) is 64.7 Å². The highest BCUT2D eigenvalue weighted by Crippen LogP contribution is 2.16. The first kappa shape index (κ1) is 18.3. The number of nitrogens with two attached hydrogens (primary N) is 1. The molecule has 4 N–H and O–H groups in total. The van der Waals surface area contributed by atoms with E-state index in [1.807, 2.05) is 48.5 Å². The van der Waals surface area contributed by atoms with Gasteiger partial charge < -0.3 is 20.9 Å². The molecule has 1 unspecified atom stereocenters. The number of ether oxygens (including phenoxy) is 1. The molecule has 0 saturated carbocycles. The predicted octanol–water partition coefficient (Wildman–Crippen LogP) is 2.24. The van der Waals surface area contributed by atoms with E-state index < -0.39 is 11.9 Å². The number of halogens is 1. The Bertz CT molecular complexity index is 644. The Balaban J connectivity index is 1.83. The fourth-order valence-electron chi connectivity index (χ4n) is 2.17. The van der Waals surface area contributed by atoms with E-state index in [0.29, 0.717) is 24.6 Å². The smallest absolute Gasteiger partial charge is 0.234 e. The minimum absolute atomic E-state index is 0.0852. The minimum Gasteiger partial charge on any atom is -0.489 e. The van der Waals surface area contributed by atoms with Crippen molar-refractivity contribution in [3.8, 4) is 5.75 Å². The fourth-order valence-corrected chi connectivity index (χ4v) is 2.29. The van der Waals surface area contributed by atoms with Crippen molar-refractivity contribution in [1.29, 1.82) is 0 Å². The van der Waals surface area contributed by atoms with Crippen LogP contribution in [0.3, 0.4) is 0 Å². The summed E-state index contributed by atoms with van der Waals surface area (Å²) in [5, 5.41) is 12.6. The second kappa shape index (κ2) is 9.27. The fraction of sp³-hybridized carbons (Fsp3) is 0.278. The van der Waals surface area contributed by atoms with Gasteiger partial charge >= 0.3 is 0 Å². The van der Waals surface area contributed by atoms with Crippen LogP contribution in [0.5, 0.6) is 5.75 Å². The van der Waals surface area contributed by atoms with Gasteiger partial charge in [-0.1, -0.05) is 35.9 Å². The minimum atomic E-state index is -0.532. The van der Waals surface area contributed by atoms with Crippen LogP contribution < -0.4 is 15.8 Å². The zero-order valence-corrected chi connectivity index (χ0v) is 14.0. The van der Waals surface area contributed by atoms with Crippen molar-refractivity contribution in [1.82, 2.24) is 5.32 Å². The van der Waals surface area contributed by atoms with Gasteiger partial charge in [0.2, 0.25) is 5.91 Å². The van der Waals surface area contributed by atoms with Crippen molar-refractivity contribution < 1.29 is 14.6 Å². The zero-order valence-electron chi connectivity index (χ0n) is 13.2. The second-order valence-electron chi connectivity index (χ2n) is 5.41. The van der Waals surface area contributed by atoms with Crippen LogP contribution in [-0.4, -0.2) is 23.7 Å². The number of rotatable bonds is 9. The Morgan fingerprint density at radius 1 is 1.12 bits per heavy atom. The lowest BCUT2D eigenvalue weighted by molar-refractivity contribution is -0.120. The molecule has 6 heteroatoms. The van der Waals surface area contributed by atoms with E-state index in [1.165, 1.54) is 0 Å². The van der Waals surface area contributed by atoms with Crippen LogP contribution in [0.4, 0.5) is 0 Å². The summed E-state index contributed by atoms with van der Waals surface area (Å²) in [6.07, 6.45) is 0.303. The third-order valence-corrected chi connectivity index (χ3v) is 3.81. The first-order valence-electron chi connectivity index (χ1n) is 7.68. The monoisotopic (exact) mass is 348 g/mol. The SMILES string of the molecule is NC(=O)C(CCO)NCc1ccc(OCc2ccc(Cl)cc2)cc1. The number of nitrogens with one attached hydrogen (secondary N) is 1. The first-order chi connectivity index (χ1) is 11.6. The maximum absolute atomic E-state index is 11.2. The molecule has 2 aromatic carbocycles. The number of carbonyl (C=O) groups is 1. The van der Waals surface area contributed by atoms with Crippen molar-refractivity contribution in [2.24, 2.45) is 5.73 Å². The van der Waals surface area contributed by atoms with E-state index in [2.05, 4.69) is 5.32 Å². The topological polar surface area (TPSA) is 84.6 Å². The largest absolute Gasteiger partial charge is 0.489 e. The van der Waals surface area contributed by atoms with Gasteiger partial charge in [-0.25, -0.2) is 0 Å². The molecule has 0 spiro atoms. The third kappa shape index (κ3) is 5.85. The molecular formula is C18H21ClN2O3. The molecule has 24 heavy (non-hydrogen) atoms. The van der Waals surface area contributed by atoms with E-state index >= 15 is 0 Å². The maximum Gasteiger partial charge on any atom is 0.234 e. The molecular weight excluding hydrogens is 328 g/mol. The zero-order chi connectivity index (χ0) is 17.4. The molecule has 1 atom stereocenters. The number of primary amides is 1. The van der Waals surface area contributed by atoms with Gasteiger partial charge in [0.05, 0.1) is 6.04 Å². The maximum atomic E-state index is 11.2. The standard InChI is InChI=1S/C18H21ClN2O3/c19-15-5-1-14(2-6-15)12-24-16-7-3-13(4-8-16)11-21-17(9-10-22)18(20)23/h1-8,17,21-22H,9-12H2,(H2,20,23). The van der Waals surface area contributed by atoms with Gasteiger partial charge in [-0.2, -0.15) is 0 Å². The molecule has 128 valence electrons. The lowest BCUT2D eigenvalue weighted by Crippen LogP contribution is -2.41. The summed E-state index contributed by atoms with van der Waals surface area (Å²) in [6.45, 7) is 0.873. The number of amides is 1. The molecule has 5 nitrogen and oxygen atoms in total.